The predicted molar refractivity (Wildman–Crippen MR) is 99.2 cm³/mol. The van der Waals surface area contributed by atoms with Crippen LogP contribution in [-0.4, -0.2) is 24.0 Å². The maximum absolute atomic E-state index is 13.0. The number of hydrogen-bond acceptors (Lipinski definition) is 5. The molecule has 3 rings (SSSR count). The molecule has 1 heterocycles. The molecule has 1 aromatic heterocycles. The highest BCUT2D eigenvalue weighted by atomic mass is 35.5. The van der Waals surface area contributed by atoms with Crippen molar-refractivity contribution >= 4 is 35.3 Å². The Balaban J connectivity index is 0.00000208. The molecule has 0 aliphatic heterocycles. The zero-order chi connectivity index (χ0) is 16.4. The van der Waals surface area contributed by atoms with Crippen LogP contribution < -0.4 is 15.4 Å². The lowest BCUT2D eigenvalue weighted by molar-refractivity contribution is 0.0971. The van der Waals surface area contributed by atoms with Gasteiger partial charge in [0.2, 0.25) is 0 Å². The van der Waals surface area contributed by atoms with Crippen molar-refractivity contribution in [2.45, 2.75) is 32.4 Å². The highest BCUT2D eigenvalue weighted by Gasteiger charge is 2.36. The molecule has 1 saturated carbocycles. The third-order valence-electron chi connectivity index (χ3n) is 4.23. The highest BCUT2D eigenvalue weighted by molar-refractivity contribution is 7.09. The van der Waals surface area contributed by atoms with E-state index in [1.165, 1.54) is 24.2 Å². The molecule has 0 bridgehead atoms. The number of benzene rings is 1. The standard InChI is InChI=1S/C17H21N3O2S.ClH/c1-11(12-3-4-12)20(13-5-7-14(22-2)8-6-13)17(21)15-10-23-16(9-18)19-15;/h5-8,10-12H,3-4,9,18H2,1-2H3;1H. The fourth-order valence-electron chi connectivity index (χ4n) is 2.70. The lowest BCUT2D eigenvalue weighted by Crippen LogP contribution is -2.40. The van der Waals surface area contributed by atoms with E-state index in [1.54, 1.807) is 12.5 Å². The molecule has 0 radical (unpaired) electrons. The molecule has 130 valence electrons. The van der Waals surface area contributed by atoms with Gasteiger partial charge in [0.05, 0.1) is 7.11 Å². The molecule has 2 N–H and O–H groups in total. The summed E-state index contributed by atoms with van der Waals surface area (Å²) in [5, 5.41) is 2.57. The van der Waals surface area contributed by atoms with Crippen LogP contribution in [0.3, 0.4) is 0 Å². The van der Waals surface area contributed by atoms with Crippen molar-refractivity contribution in [3.8, 4) is 5.75 Å². The Morgan fingerprint density at radius 3 is 2.58 bits per heavy atom. The number of anilines is 1. The molecule has 1 aliphatic rings. The zero-order valence-corrected chi connectivity index (χ0v) is 15.4. The number of ether oxygens (including phenoxy) is 1. The van der Waals surface area contributed by atoms with Crippen molar-refractivity contribution < 1.29 is 9.53 Å². The molecule has 0 spiro atoms. The van der Waals surface area contributed by atoms with Gasteiger partial charge in [-0.2, -0.15) is 0 Å². The predicted octanol–water partition coefficient (Wildman–Crippen LogP) is 3.48. The summed E-state index contributed by atoms with van der Waals surface area (Å²) < 4.78 is 5.20. The van der Waals surface area contributed by atoms with Gasteiger partial charge in [0.15, 0.2) is 0 Å². The van der Waals surface area contributed by atoms with E-state index in [1.807, 2.05) is 29.2 Å². The molecule has 1 unspecified atom stereocenters. The van der Waals surface area contributed by atoms with E-state index in [4.69, 9.17) is 10.5 Å². The van der Waals surface area contributed by atoms with Crippen molar-refractivity contribution in [2.75, 3.05) is 12.0 Å². The summed E-state index contributed by atoms with van der Waals surface area (Å²) in [6.45, 7) is 2.47. The number of halogens is 1. The number of nitrogens with zero attached hydrogens (tertiary/aromatic N) is 2. The minimum absolute atomic E-state index is 0. The molecule has 24 heavy (non-hydrogen) atoms. The first-order valence-corrected chi connectivity index (χ1v) is 8.64. The Bertz CT molecular complexity index is 685. The summed E-state index contributed by atoms with van der Waals surface area (Å²) in [4.78, 5) is 19.2. The van der Waals surface area contributed by atoms with Crippen LogP contribution in [0.1, 0.15) is 35.3 Å². The molecular formula is C17H22ClN3O2S. The molecule has 1 amide bonds. The van der Waals surface area contributed by atoms with Crippen molar-refractivity contribution in [1.82, 2.24) is 4.98 Å². The van der Waals surface area contributed by atoms with Crippen molar-refractivity contribution in [3.05, 3.63) is 40.3 Å². The van der Waals surface area contributed by atoms with Gasteiger partial charge < -0.3 is 15.4 Å². The van der Waals surface area contributed by atoms with Gasteiger partial charge in [0.1, 0.15) is 16.5 Å². The molecule has 5 nitrogen and oxygen atoms in total. The van der Waals surface area contributed by atoms with Gasteiger partial charge in [-0.3, -0.25) is 4.79 Å². The fraction of sp³-hybridized carbons (Fsp3) is 0.412. The smallest absolute Gasteiger partial charge is 0.278 e. The van der Waals surface area contributed by atoms with E-state index < -0.39 is 0 Å². The Labute approximate surface area is 152 Å². The first-order chi connectivity index (χ1) is 11.1. The van der Waals surface area contributed by atoms with Gasteiger partial charge in [-0.05, 0) is 49.9 Å². The molecule has 1 aliphatic carbocycles. The van der Waals surface area contributed by atoms with Crippen LogP contribution in [0.4, 0.5) is 5.69 Å². The second-order valence-electron chi connectivity index (χ2n) is 5.78. The van der Waals surface area contributed by atoms with Gasteiger partial charge in [0.25, 0.3) is 5.91 Å². The van der Waals surface area contributed by atoms with Gasteiger partial charge >= 0.3 is 0 Å². The number of aromatic nitrogens is 1. The van der Waals surface area contributed by atoms with Crippen molar-refractivity contribution in [1.29, 1.82) is 0 Å². The molecule has 1 fully saturated rings. The number of carbonyl (C=O) groups is 1. The van der Waals surface area contributed by atoms with E-state index >= 15 is 0 Å². The van der Waals surface area contributed by atoms with Crippen LogP contribution >= 0.6 is 23.7 Å². The van der Waals surface area contributed by atoms with Crippen LogP contribution in [0.2, 0.25) is 0 Å². The summed E-state index contributed by atoms with van der Waals surface area (Å²) in [5.41, 5.74) is 6.95. The number of nitrogens with two attached hydrogens (primary N) is 1. The van der Waals surface area contributed by atoms with E-state index in [2.05, 4.69) is 11.9 Å². The van der Waals surface area contributed by atoms with Crippen molar-refractivity contribution in [3.63, 3.8) is 0 Å². The molecule has 1 atom stereocenters. The molecule has 2 aromatic rings. The average molecular weight is 368 g/mol. The molecule has 7 heteroatoms. The van der Waals surface area contributed by atoms with Gasteiger partial charge in [-0.25, -0.2) is 4.98 Å². The topological polar surface area (TPSA) is 68.5 Å². The highest BCUT2D eigenvalue weighted by Crippen LogP contribution is 2.38. The number of amides is 1. The maximum Gasteiger partial charge on any atom is 0.278 e. The summed E-state index contributed by atoms with van der Waals surface area (Å²) in [5.74, 6) is 1.28. The Morgan fingerprint density at radius 2 is 2.08 bits per heavy atom. The Kier molecular flexibility index (Phi) is 6.21. The second kappa shape index (κ2) is 7.96. The van der Waals surface area contributed by atoms with E-state index in [0.717, 1.165) is 16.4 Å². The maximum atomic E-state index is 13.0. The summed E-state index contributed by atoms with van der Waals surface area (Å²) in [6, 6.07) is 7.75. The van der Waals surface area contributed by atoms with Crippen molar-refractivity contribution in [2.24, 2.45) is 11.7 Å². The monoisotopic (exact) mass is 367 g/mol. The lowest BCUT2D eigenvalue weighted by Gasteiger charge is -2.29. The Morgan fingerprint density at radius 1 is 1.42 bits per heavy atom. The SMILES string of the molecule is COc1ccc(N(C(=O)c2csc(CN)n2)C(C)C2CC2)cc1.Cl. The second-order valence-corrected chi connectivity index (χ2v) is 6.72. The summed E-state index contributed by atoms with van der Waals surface area (Å²) >= 11 is 1.43. The third kappa shape index (κ3) is 3.88. The summed E-state index contributed by atoms with van der Waals surface area (Å²) in [6.07, 6.45) is 2.35. The van der Waals surface area contributed by atoms with Crippen LogP contribution in [-0.2, 0) is 6.54 Å². The lowest BCUT2D eigenvalue weighted by atomic mass is 10.1. The van der Waals surface area contributed by atoms with Gasteiger partial charge in [0, 0.05) is 23.7 Å². The number of methoxy groups -OCH3 is 1. The molecule has 0 saturated heterocycles. The largest absolute Gasteiger partial charge is 0.497 e. The first kappa shape index (κ1) is 18.7. The zero-order valence-electron chi connectivity index (χ0n) is 13.8. The van der Waals surface area contributed by atoms with Crippen LogP contribution in [0.15, 0.2) is 29.6 Å². The number of thiazole rings is 1. The van der Waals surface area contributed by atoms with Crippen LogP contribution in [0, 0.1) is 5.92 Å². The number of hydrogen-bond donors (Lipinski definition) is 1. The normalized spacial score (nSPS) is 14.6. The Hall–Kier alpha value is -1.63. The van der Waals surface area contributed by atoms with Crippen LogP contribution in [0.25, 0.3) is 0 Å². The van der Waals surface area contributed by atoms with E-state index in [-0.39, 0.29) is 24.4 Å². The first-order valence-electron chi connectivity index (χ1n) is 7.76. The number of carbonyl (C=O) groups excluding carboxylic acids is 1. The van der Waals surface area contributed by atoms with Gasteiger partial charge in [-0.1, -0.05) is 0 Å². The van der Waals surface area contributed by atoms with Crippen LogP contribution in [0.5, 0.6) is 5.75 Å². The minimum Gasteiger partial charge on any atom is -0.497 e. The molecular weight excluding hydrogens is 346 g/mol. The summed E-state index contributed by atoms with van der Waals surface area (Å²) in [7, 11) is 1.63. The fourth-order valence-corrected chi connectivity index (χ4v) is 3.34. The third-order valence-corrected chi connectivity index (χ3v) is 5.10. The average Bonchev–Trinajstić information content (AvgIpc) is 3.32. The van der Waals surface area contributed by atoms with Gasteiger partial charge in [-0.15, -0.1) is 23.7 Å². The number of rotatable bonds is 6. The van der Waals surface area contributed by atoms with E-state index in [9.17, 15) is 4.79 Å². The quantitative estimate of drug-likeness (QED) is 0.848. The van der Waals surface area contributed by atoms with E-state index in [0.29, 0.717) is 18.2 Å². The minimum atomic E-state index is -0.0643. The molecule has 1 aromatic carbocycles.